The number of aliphatic hydroxyl groups is 1. The third-order valence-electron chi connectivity index (χ3n) is 2.69. The minimum absolute atomic E-state index is 0.0121. The second-order valence-corrected chi connectivity index (χ2v) is 5.27. The fourth-order valence-corrected chi connectivity index (χ4v) is 2.85. The Balaban J connectivity index is 3.48. The third kappa shape index (κ3) is 2.18. The standard InChI is InChI=1S/C12H17BrO3/c1-7-5-8(16-4)11(15)10(13)9(7)12(2,3)6-14/h5,14-15H,6H2,1-4H3. The van der Waals surface area contributed by atoms with Gasteiger partial charge < -0.3 is 14.9 Å². The van der Waals surface area contributed by atoms with E-state index in [1.165, 1.54) is 7.11 Å². The van der Waals surface area contributed by atoms with Gasteiger partial charge in [0.25, 0.3) is 0 Å². The monoisotopic (exact) mass is 288 g/mol. The quantitative estimate of drug-likeness (QED) is 0.899. The third-order valence-corrected chi connectivity index (χ3v) is 3.47. The molecule has 90 valence electrons. The normalized spacial score (nSPS) is 11.6. The highest BCUT2D eigenvalue weighted by Crippen LogP contribution is 2.43. The van der Waals surface area contributed by atoms with Crippen LogP contribution in [0.1, 0.15) is 25.0 Å². The molecule has 0 aliphatic carbocycles. The van der Waals surface area contributed by atoms with Crippen LogP contribution < -0.4 is 4.74 Å². The number of methoxy groups -OCH3 is 1. The average Bonchev–Trinajstić information content (AvgIpc) is 2.23. The number of ether oxygens (including phenoxy) is 1. The van der Waals surface area contributed by atoms with E-state index in [1.54, 1.807) is 6.07 Å². The van der Waals surface area contributed by atoms with Gasteiger partial charge >= 0.3 is 0 Å². The highest BCUT2D eigenvalue weighted by atomic mass is 79.9. The van der Waals surface area contributed by atoms with Gasteiger partial charge in [0.05, 0.1) is 18.2 Å². The Morgan fingerprint density at radius 1 is 1.44 bits per heavy atom. The van der Waals surface area contributed by atoms with Gasteiger partial charge in [-0.1, -0.05) is 13.8 Å². The van der Waals surface area contributed by atoms with E-state index in [-0.39, 0.29) is 12.4 Å². The second kappa shape index (κ2) is 4.63. The molecule has 1 rings (SSSR count). The molecule has 0 saturated heterocycles. The van der Waals surface area contributed by atoms with Crippen LogP contribution in [0, 0.1) is 6.92 Å². The molecule has 0 aromatic heterocycles. The number of aryl methyl sites for hydroxylation is 1. The molecule has 16 heavy (non-hydrogen) atoms. The van der Waals surface area contributed by atoms with Gasteiger partial charge in [0.15, 0.2) is 11.5 Å². The van der Waals surface area contributed by atoms with Crippen LogP contribution >= 0.6 is 15.9 Å². The van der Waals surface area contributed by atoms with Crippen molar-refractivity contribution in [2.24, 2.45) is 0 Å². The number of rotatable bonds is 3. The van der Waals surface area contributed by atoms with Gasteiger partial charge in [0.1, 0.15) is 0 Å². The van der Waals surface area contributed by atoms with E-state index in [2.05, 4.69) is 15.9 Å². The van der Waals surface area contributed by atoms with E-state index in [1.807, 2.05) is 20.8 Å². The van der Waals surface area contributed by atoms with Gasteiger partial charge in [-0.05, 0) is 40.0 Å². The summed E-state index contributed by atoms with van der Waals surface area (Å²) in [5.74, 6) is 0.506. The van der Waals surface area contributed by atoms with Crippen molar-refractivity contribution < 1.29 is 14.9 Å². The fourth-order valence-electron chi connectivity index (χ4n) is 1.80. The Morgan fingerprint density at radius 2 is 2.00 bits per heavy atom. The summed E-state index contributed by atoms with van der Waals surface area (Å²) in [4.78, 5) is 0. The lowest BCUT2D eigenvalue weighted by atomic mass is 9.82. The number of aliphatic hydroxyl groups excluding tert-OH is 1. The van der Waals surface area contributed by atoms with Crippen LogP contribution in [0.5, 0.6) is 11.5 Å². The molecule has 0 spiro atoms. The van der Waals surface area contributed by atoms with E-state index in [9.17, 15) is 10.2 Å². The summed E-state index contributed by atoms with van der Waals surface area (Å²) in [6, 6.07) is 1.77. The number of aromatic hydroxyl groups is 1. The minimum atomic E-state index is -0.410. The lowest BCUT2D eigenvalue weighted by Crippen LogP contribution is -2.24. The minimum Gasteiger partial charge on any atom is -0.503 e. The lowest BCUT2D eigenvalue weighted by Gasteiger charge is -2.27. The van der Waals surface area contributed by atoms with Crippen molar-refractivity contribution in [2.45, 2.75) is 26.2 Å². The average molecular weight is 289 g/mol. The van der Waals surface area contributed by atoms with Crippen molar-refractivity contribution in [1.82, 2.24) is 0 Å². The summed E-state index contributed by atoms with van der Waals surface area (Å²) in [7, 11) is 1.51. The zero-order valence-corrected chi connectivity index (χ0v) is 11.6. The highest BCUT2D eigenvalue weighted by molar-refractivity contribution is 9.10. The molecule has 0 bridgehead atoms. The van der Waals surface area contributed by atoms with E-state index in [0.29, 0.717) is 10.2 Å². The molecule has 0 atom stereocenters. The van der Waals surface area contributed by atoms with E-state index < -0.39 is 5.41 Å². The summed E-state index contributed by atoms with van der Waals surface area (Å²) in [6.07, 6.45) is 0. The molecular weight excluding hydrogens is 272 g/mol. The molecule has 1 aromatic carbocycles. The van der Waals surface area contributed by atoms with Gasteiger partial charge in [-0.3, -0.25) is 0 Å². The summed E-state index contributed by atoms with van der Waals surface area (Å²) in [5, 5.41) is 19.3. The zero-order valence-electron chi connectivity index (χ0n) is 9.97. The molecule has 0 unspecified atom stereocenters. The predicted molar refractivity (Wildman–Crippen MR) is 67.2 cm³/mol. The first kappa shape index (κ1) is 13.3. The highest BCUT2D eigenvalue weighted by Gasteiger charge is 2.27. The lowest BCUT2D eigenvalue weighted by molar-refractivity contribution is 0.217. The van der Waals surface area contributed by atoms with Crippen LogP contribution in [0.25, 0.3) is 0 Å². The van der Waals surface area contributed by atoms with Crippen LogP contribution in [0.4, 0.5) is 0 Å². The molecule has 1 aromatic rings. The van der Waals surface area contributed by atoms with Crippen molar-refractivity contribution in [1.29, 1.82) is 0 Å². The maximum absolute atomic E-state index is 9.91. The summed E-state index contributed by atoms with van der Waals surface area (Å²) >= 11 is 3.36. The fraction of sp³-hybridized carbons (Fsp3) is 0.500. The Morgan fingerprint density at radius 3 is 2.44 bits per heavy atom. The largest absolute Gasteiger partial charge is 0.503 e. The maximum atomic E-state index is 9.91. The molecule has 0 aliphatic heterocycles. The first-order chi connectivity index (χ1) is 7.35. The molecule has 0 fully saturated rings. The number of hydrogen-bond donors (Lipinski definition) is 2. The number of halogens is 1. The van der Waals surface area contributed by atoms with Crippen molar-refractivity contribution in [3.05, 3.63) is 21.7 Å². The van der Waals surface area contributed by atoms with Gasteiger partial charge in [0.2, 0.25) is 0 Å². The molecule has 0 amide bonds. The first-order valence-electron chi connectivity index (χ1n) is 5.02. The molecular formula is C12H17BrO3. The first-order valence-corrected chi connectivity index (χ1v) is 5.82. The van der Waals surface area contributed by atoms with Crippen LogP contribution in [-0.4, -0.2) is 23.9 Å². The van der Waals surface area contributed by atoms with Crippen molar-refractivity contribution >= 4 is 15.9 Å². The van der Waals surface area contributed by atoms with Crippen molar-refractivity contribution in [2.75, 3.05) is 13.7 Å². The number of phenols is 1. The summed E-state index contributed by atoms with van der Waals surface area (Å²) in [6.45, 7) is 5.79. The topological polar surface area (TPSA) is 49.7 Å². The SMILES string of the molecule is COc1cc(C)c(C(C)(C)CO)c(Br)c1O. The summed E-state index contributed by atoms with van der Waals surface area (Å²) < 4.78 is 5.65. The molecule has 0 radical (unpaired) electrons. The molecule has 0 heterocycles. The Labute approximate surface area is 104 Å². The zero-order chi connectivity index (χ0) is 12.5. The van der Waals surface area contributed by atoms with Crippen molar-refractivity contribution in [3.8, 4) is 11.5 Å². The number of phenolic OH excluding ortho intramolecular Hbond substituents is 1. The second-order valence-electron chi connectivity index (χ2n) is 4.48. The van der Waals surface area contributed by atoms with E-state index in [0.717, 1.165) is 11.1 Å². The molecule has 3 nitrogen and oxygen atoms in total. The molecule has 4 heteroatoms. The maximum Gasteiger partial charge on any atom is 0.172 e. The number of benzene rings is 1. The van der Waals surface area contributed by atoms with Crippen molar-refractivity contribution in [3.63, 3.8) is 0 Å². The summed E-state index contributed by atoms with van der Waals surface area (Å²) in [5.41, 5.74) is 1.46. The molecule has 0 saturated carbocycles. The van der Waals surface area contributed by atoms with Gasteiger partial charge in [0, 0.05) is 5.41 Å². The van der Waals surface area contributed by atoms with Crippen LogP contribution in [0.3, 0.4) is 0 Å². The van der Waals surface area contributed by atoms with E-state index in [4.69, 9.17) is 4.74 Å². The predicted octanol–water partition coefficient (Wildman–Crippen LogP) is 2.74. The van der Waals surface area contributed by atoms with Gasteiger partial charge in [-0.25, -0.2) is 0 Å². The Hall–Kier alpha value is -0.740. The smallest absolute Gasteiger partial charge is 0.172 e. The van der Waals surface area contributed by atoms with Gasteiger partial charge in [-0.2, -0.15) is 0 Å². The van der Waals surface area contributed by atoms with Gasteiger partial charge in [-0.15, -0.1) is 0 Å². The molecule has 0 aliphatic rings. The Bertz CT molecular complexity index is 400. The van der Waals surface area contributed by atoms with Crippen LogP contribution in [0.15, 0.2) is 10.5 Å². The molecule has 2 N–H and O–H groups in total. The Kier molecular flexibility index (Phi) is 3.86. The van der Waals surface area contributed by atoms with E-state index >= 15 is 0 Å². The number of hydrogen-bond acceptors (Lipinski definition) is 3. The van der Waals surface area contributed by atoms with Crippen LogP contribution in [-0.2, 0) is 5.41 Å². The van der Waals surface area contributed by atoms with Crippen LogP contribution in [0.2, 0.25) is 0 Å².